The molecule has 0 aromatic heterocycles. The molecule has 1 aliphatic heterocycles. The Hall–Kier alpha value is -1.88. The smallest absolute Gasteiger partial charge is 0.246 e. The molecule has 5 nitrogen and oxygen atoms in total. The van der Waals surface area contributed by atoms with E-state index >= 15 is 0 Å². The molecule has 1 N–H and O–H groups in total. The van der Waals surface area contributed by atoms with Crippen molar-refractivity contribution in [3.63, 3.8) is 0 Å². The van der Waals surface area contributed by atoms with Crippen LogP contribution in [0.3, 0.4) is 0 Å². The van der Waals surface area contributed by atoms with Gasteiger partial charge in [-0.05, 0) is 13.0 Å². The Morgan fingerprint density at radius 3 is 2.61 bits per heavy atom. The molecular formula is C18H29N3O2. The SMILES string of the molecule is C=C1CN(C(=O)/C=C/CNCC)CCN1/C(=C\CCC)C(C)=O. The molecule has 23 heavy (non-hydrogen) atoms. The summed E-state index contributed by atoms with van der Waals surface area (Å²) in [5.41, 5.74) is 1.49. The molecule has 0 aliphatic carbocycles. The van der Waals surface area contributed by atoms with Gasteiger partial charge in [-0.2, -0.15) is 0 Å². The largest absolute Gasteiger partial charge is 0.340 e. The second-order valence-corrected chi connectivity index (χ2v) is 5.62. The van der Waals surface area contributed by atoms with Crippen LogP contribution in [0.25, 0.3) is 0 Å². The third-order valence-electron chi connectivity index (χ3n) is 3.71. The third-order valence-corrected chi connectivity index (χ3v) is 3.71. The number of carbonyl (C=O) groups is 2. The Kier molecular flexibility index (Phi) is 8.33. The zero-order valence-corrected chi connectivity index (χ0v) is 14.6. The van der Waals surface area contributed by atoms with E-state index in [0.717, 1.165) is 25.1 Å². The van der Waals surface area contributed by atoms with Crippen molar-refractivity contribution in [2.45, 2.75) is 33.6 Å². The monoisotopic (exact) mass is 319 g/mol. The van der Waals surface area contributed by atoms with E-state index in [1.165, 1.54) is 0 Å². The van der Waals surface area contributed by atoms with Crippen molar-refractivity contribution < 1.29 is 9.59 Å². The maximum Gasteiger partial charge on any atom is 0.246 e. The van der Waals surface area contributed by atoms with Crippen LogP contribution in [0, 0.1) is 0 Å². The van der Waals surface area contributed by atoms with Crippen LogP contribution in [0.5, 0.6) is 0 Å². The fourth-order valence-electron chi connectivity index (χ4n) is 2.46. The number of nitrogens with one attached hydrogen (secondary N) is 1. The molecule has 1 amide bonds. The summed E-state index contributed by atoms with van der Waals surface area (Å²) in [5, 5.41) is 3.14. The van der Waals surface area contributed by atoms with E-state index in [1.807, 2.05) is 24.0 Å². The quantitative estimate of drug-likeness (QED) is 0.550. The molecular weight excluding hydrogens is 290 g/mol. The van der Waals surface area contributed by atoms with E-state index in [2.05, 4.69) is 18.8 Å². The molecule has 0 aromatic rings. The highest BCUT2D eigenvalue weighted by Gasteiger charge is 2.25. The van der Waals surface area contributed by atoms with Crippen LogP contribution in [0.1, 0.15) is 33.6 Å². The average molecular weight is 319 g/mol. The van der Waals surface area contributed by atoms with Gasteiger partial charge < -0.3 is 15.1 Å². The number of hydrogen-bond acceptors (Lipinski definition) is 4. The molecule has 1 saturated heterocycles. The second-order valence-electron chi connectivity index (χ2n) is 5.62. The van der Waals surface area contributed by atoms with Gasteiger partial charge in [-0.1, -0.05) is 39.0 Å². The van der Waals surface area contributed by atoms with Gasteiger partial charge in [0, 0.05) is 38.3 Å². The first-order chi connectivity index (χ1) is 11.0. The predicted molar refractivity (Wildman–Crippen MR) is 93.8 cm³/mol. The van der Waals surface area contributed by atoms with Gasteiger partial charge in [0.1, 0.15) is 0 Å². The molecule has 0 bridgehead atoms. The van der Waals surface area contributed by atoms with E-state index < -0.39 is 0 Å². The predicted octanol–water partition coefficient (Wildman–Crippen LogP) is 2.08. The fraction of sp³-hybridized carbons (Fsp3) is 0.556. The minimum Gasteiger partial charge on any atom is -0.340 e. The molecule has 0 unspecified atom stereocenters. The zero-order valence-electron chi connectivity index (χ0n) is 14.6. The van der Waals surface area contributed by atoms with Gasteiger partial charge in [-0.3, -0.25) is 9.59 Å². The van der Waals surface area contributed by atoms with Crippen molar-refractivity contribution in [1.29, 1.82) is 0 Å². The number of allylic oxidation sites excluding steroid dienone is 2. The highest BCUT2D eigenvalue weighted by molar-refractivity contribution is 5.93. The number of ketones is 1. The maximum atomic E-state index is 12.2. The van der Waals surface area contributed by atoms with Crippen molar-refractivity contribution in [2.24, 2.45) is 0 Å². The van der Waals surface area contributed by atoms with E-state index in [1.54, 1.807) is 17.9 Å². The van der Waals surface area contributed by atoms with Crippen LogP contribution in [0.4, 0.5) is 0 Å². The Balaban J connectivity index is 2.65. The summed E-state index contributed by atoms with van der Waals surface area (Å²) in [7, 11) is 0. The Morgan fingerprint density at radius 1 is 1.30 bits per heavy atom. The number of nitrogens with zero attached hydrogens (tertiary/aromatic N) is 2. The van der Waals surface area contributed by atoms with Gasteiger partial charge in [-0.25, -0.2) is 0 Å². The number of carbonyl (C=O) groups excluding carboxylic acids is 2. The molecule has 1 heterocycles. The van der Waals surface area contributed by atoms with Crippen molar-refractivity contribution in [3.05, 3.63) is 36.2 Å². The molecule has 0 atom stereocenters. The minimum atomic E-state index is -0.00869. The van der Waals surface area contributed by atoms with Crippen molar-refractivity contribution >= 4 is 11.7 Å². The van der Waals surface area contributed by atoms with Gasteiger partial charge in [0.05, 0.1) is 12.2 Å². The zero-order chi connectivity index (χ0) is 17.2. The van der Waals surface area contributed by atoms with E-state index in [0.29, 0.717) is 31.9 Å². The number of likely N-dealkylation sites (N-methyl/N-ethyl adjacent to an activating group) is 1. The van der Waals surface area contributed by atoms with Crippen LogP contribution in [-0.4, -0.2) is 54.2 Å². The van der Waals surface area contributed by atoms with Crippen LogP contribution >= 0.6 is 0 Å². The van der Waals surface area contributed by atoms with Crippen molar-refractivity contribution in [3.8, 4) is 0 Å². The highest BCUT2D eigenvalue weighted by atomic mass is 16.2. The normalized spacial score (nSPS) is 16.3. The molecule has 128 valence electrons. The third kappa shape index (κ3) is 6.02. The molecule has 1 rings (SSSR count). The van der Waals surface area contributed by atoms with E-state index in [-0.39, 0.29) is 11.7 Å². The van der Waals surface area contributed by atoms with Gasteiger partial charge >= 0.3 is 0 Å². The highest BCUT2D eigenvalue weighted by Crippen LogP contribution is 2.19. The molecule has 1 aliphatic rings. The number of hydrogen-bond donors (Lipinski definition) is 1. The lowest BCUT2D eigenvalue weighted by Crippen LogP contribution is -2.46. The van der Waals surface area contributed by atoms with E-state index in [9.17, 15) is 9.59 Å². The molecule has 0 spiro atoms. The first kappa shape index (κ1) is 19.2. The number of rotatable bonds is 8. The van der Waals surface area contributed by atoms with Gasteiger partial charge in [-0.15, -0.1) is 0 Å². The minimum absolute atomic E-state index is 0.00869. The summed E-state index contributed by atoms with van der Waals surface area (Å²) >= 11 is 0. The van der Waals surface area contributed by atoms with E-state index in [4.69, 9.17) is 0 Å². The second kappa shape index (κ2) is 10.0. The number of piperazine rings is 1. The lowest BCUT2D eigenvalue weighted by atomic mass is 10.1. The standard InChI is InChI=1S/C18H29N3O2/c1-5-7-9-17(16(4)22)21-13-12-20(14-15(21)3)18(23)10-8-11-19-6-2/h8-10,19H,3,5-7,11-14H2,1-2,4H3/b10-8+,17-9-. The summed E-state index contributed by atoms with van der Waals surface area (Å²) in [6, 6.07) is 0. The van der Waals surface area contributed by atoms with Crippen LogP contribution in [0.15, 0.2) is 36.2 Å². The number of amides is 1. The summed E-state index contributed by atoms with van der Waals surface area (Å²) in [6.45, 7) is 13.0. The van der Waals surface area contributed by atoms with Crippen LogP contribution in [-0.2, 0) is 9.59 Å². The van der Waals surface area contributed by atoms with Gasteiger partial charge in [0.2, 0.25) is 5.91 Å². The maximum absolute atomic E-state index is 12.2. The molecule has 5 heteroatoms. The molecule has 0 aromatic carbocycles. The summed E-state index contributed by atoms with van der Waals surface area (Å²) < 4.78 is 0. The lowest BCUT2D eigenvalue weighted by Gasteiger charge is -2.38. The average Bonchev–Trinajstić information content (AvgIpc) is 2.52. The fourth-order valence-corrected chi connectivity index (χ4v) is 2.46. The Labute approximate surface area is 139 Å². The summed E-state index contributed by atoms with van der Waals surface area (Å²) in [4.78, 5) is 27.7. The summed E-state index contributed by atoms with van der Waals surface area (Å²) in [6.07, 6.45) is 7.28. The number of Topliss-reactive ketones (excluding diaryl/α,β-unsaturated/α-hetero) is 1. The van der Waals surface area contributed by atoms with Crippen molar-refractivity contribution in [1.82, 2.24) is 15.1 Å². The topological polar surface area (TPSA) is 52.7 Å². The molecule has 0 saturated carbocycles. The lowest BCUT2D eigenvalue weighted by molar-refractivity contribution is -0.126. The first-order valence-electron chi connectivity index (χ1n) is 8.33. The van der Waals surface area contributed by atoms with Gasteiger partial charge in [0.25, 0.3) is 0 Å². The molecule has 0 radical (unpaired) electrons. The van der Waals surface area contributed by atoms with Crippen LogP contribution < -0.4 is 5.32 Å². The first-order valence-corrected chi connectivity index (χ1v) is 8.33. The Morgan fingerprint density at radius 2 is 2.04 bits per heavy atom. The van der Waals surface area contributed by atoms with Crippen LogP contribution in [0.2, 0.25) is 0 Å². The molecule has 1 fully saturated rings. The van der Waals surface area contributed by atoms with Crippen molar-refractivity contribution in [2.75, 3.05) is 32.7 Å². The summed E-state index contributed by atoms with van der Waals surface area (Å²) in [5.74, 6) is 0.0375. The Bertz CT molecular complexity index is 494. The van der Waals surface area contributed by atoms with Gasteiger partial charge in [0.15, 0.2) is 5.78 Å². The number of unbranched alkanes of at least 4 members (excludes halogenated alkanes) is 1.